The van der Waals surface area contributed by atoms with E-state index in [2.05, 4.69) is 5.32 Å². The minimum absolute atomic E-state index is 0.131. The van der Waals surface area contributed by atoms with E-state index in [9.17, 15) is 18.0 Å². The number of ketones is 1. The molecule has 0 aliphatic carbocycles. The fourth-order valence-corrected chi connectivity index (χ4v) is 3.79. The van der Waals surface area contributed by atoms with Gasteiger partial charge in [-0.25, -0.2) is 8.42 Å². The average Bonchev–Trinajstić information content (AvgIpc) is 2.61. The van der Waals surface area contributed by atoms with E-state index in [0.29, 0.717) is 22.7 Å². The Bertz CT molecular complexity index is 956. The summed E-state index contributed by atoms with van der Waals surface area (Å²) in [4.78, 5) is 24.2. The molecular formula is C19H22N2O5S. The van der Waals surface area contributed by atoms with E-state index in [1.165, 1.54) is 21.0 Å². The zero-order valence-corrected chi connectivity index (χ0v) is 16.4. The number of nitrogens with one attached hydrogen (secondary N) is 1. The molecule has 0 heterocycles. The van der Waals surface area contributed by atoms with Crippen molar-refractivity contribution in [2.45, 2.75) is 19.9 Å². The van der Waals surface area contributed by atoms with Gasteiger partial charge in [-0.1, -0.05) is 18.2 Å². The van der Waals surface area contributed by atoms with Crippen LogP contribution in [0.25, 0.3) is 0 Å². The number of carbonyl (C=O) groups is 2. The summed E-state index contributed by atoms with van der Waals surface area (Å²) in [6.07, 6.45) is 1.03. The molecule has 1 amide bonds. The first-order valence-electron chi connectivity index (χ1n) is 8.19. The molecule has 144 valence electrons. The third-order valence-electron chi connectivity index (χ3n) is 3.93. The molecule has 2 aromatic carbocycles. The van der Waals surface area contributed by atoms with Gasteiger partial charge in [0.15, 0.2) is 5.78 Å². The maximum absolute atomic E-state index is 12.7. The van der Waals surface area contributed by atoms with E-state index in [1.54, 1.807) is 48.5 Å². The number of methoxy groups -OCH3 is 1. The van der Waals surface area contributed by atoms with Crippen LogP contribution in [0.5, 0.6) is 5.75 Å². The standard InChI is InChI=1S/C19H22N2O5S/c1-13(19(23)20-16-8-5-7-15(11-16)14(2)22)21(27(4,24)25)17-9-6-10-18(12-17)26-3/h5-13H,1-4H3,(H,20,23)/t13-/m1/s1. The lowest BCUT2D eigenvalue weighted by molar-refractivity contribution is -0.116. The number of hydrogen-bond acceptors (Lipinski definition) is 5. The van der Waals surface area contributed by atoms with E-state index in [1.807, 2.05) is 0 Å². The monoisotopic (exact) mass is 390 g/mol. The maximum Gasteiger partial charge on any atom is 0.247 e. The van der Waals surface area contributed by atoms with Gasteiger partial charge in [0.1, 0.15) is 11.8 Å². The lowest BCUT2D eigenvalue weighted by Gasteiger charge is -2.28. The predicted octanol–water partition coefficient (Wildman–Crippen LogP) is 2.69. The van der Waals surface area contributed by atoms with E-state index in [-0.39, 0.29) is 5.78 Å². The quantitative estimate of drug-likeness (QED) is 0.734. The minimum atomic E-state index is -3.74. The van der Waals surface area contributed by atoms with Gasteiger partial charge in [-0.3, -0.25) is 13.9 Å². The van der Waals surface area contributed by atoms with Crippen LogP contribution >= 0.6 is 0 Å². The van der Waals surface area contributed by atoms with Gasteiger partial charge in [-0.15, -0.1) is 0 Å². The van der Waals surface area contributed by atoms with Gasteiger partial charge in [0.25, 0.3) is 0 Å². The van der Waals surface area contributed by atoms with Crippen molar-refractivity contribution in [3.05, 3.63) is 54.1 Å². The second-order valence-electron chi connectivity index (χ2n) is 6.06. The molecule has 0 bridgehead atoms. The number of Topliss-reactive ketones (excluding diaryl/α,β-unsaturated/α-hetero) is 1. The Balaban J connectivity index is 2.32. The number of anilines is 2. The molecular weight excluding hydrogens is 368 g/mol. The molecule has 1 N–H and O–H groups in total. The molecule has 0 fully saturated rings. The molecule has 2 aromatic rings. The van der Waals surface area contributed by atoms with Crippen LogP contribution in [0.1, 0.15) is 24.2 Å². The van der Waals surface area contributed by atoms with Gasteiger partial charge in [0.05, 0.1) is 19.1 Å². The molecule has 7 nitrogen and oxygen atoms in total. The van der Waals surface area contributed by atoms with Crippen molar-refractivity contribution in [2.75, 3.05) is 23.0 Å². The van der Waals surface area contributed by atoms with Crippen molar-refractivity contribution in [2.24, 2.45) is 0 Å². The van der Waals surface area contributed by atoms with Crippen LogP contribution in [-0.4, -0.2) is 39.5 Å². The highest BCUT2D eigenvalue weighted by Gasteiger charge is 2.29. The van der Waals surface area contributed by atoms with Crippen LogP contribution in [0.3, 0.4) is 0 Å². The van der Waals surface area contributed by atoms with Crippen LogP contribution in [-0.2, 0) is 14.8 Å². The Morgan fingerprint density at radius 3 is 2.37 bits per heavy atom. The van der Waals surface area contributed by atoms with Crippen molar-refractivity contribution in [1.29, 1.82) is 0 Å². The number of nitrogens with zero attached hydrogens (tertiary/aromatic N) is 1. The van der Waals surface area contributed by atoms with Crippen molar-refractivity contribution < 1.29 is 22.7 Å². The Kier molecular flexibility index (Phi) is 6.22. The smallest absolute Gasteiger partial charge is 0.247 e. The average molecular weight is 390 g/mol. The molecule has 8 heteroatoms. The van der Waals surface area contributed by atoms with Crippen LogP contribution in [0.4, 0.5) is 11.4 Å². The van der Waals surface area contributed by atoms with E-state index >= 15 is 0 Å². The lowest BCUT2D eigenvalue weighted by atomic mass is 10.1. The molecule has 0 saturated carbocycles. The minimum Gasteiger partial charge on any atom is -0.497 e. The summed E-state index contributed by atoms with van der Waals surface area (Å²) < 4.78 is 30.8. The molecule has 0 aromatic heterocycles. The summed E-state index contributed by atoms with van der Waals surface area (Å²) in [5, 5.41) is 2.66. The summed E-state index contributed by atoms with van der Waals surface area (Å²) in [5.41, 5.74) is 1.18. The molecule has 0 unspecified atom stereocenters. The first-order valence-corrected chi connectivity index (χ1v) is 10.0. The fraction of sp³-hybridized carbons (Fsp3) is 0.263. The Morgan fingerprint density at radius 1 is 1.11 bits per heavy atom. The number of amides is 1. The first kappa shape index (κ1) is 20.4. The largest absolute Gasteiger partial charge is 0.497 e. The number of rotatable bonds is 7. The normalized spacial score (nSPS) is 12.1. The number of sulfonamides is 1. The van der Waals surface area contributed by atoms with Crippen molar-refractivity contribution >= 4 is 33.1 Å². The van der Waals surface area contributed by atoms with Gasteiger partial charge in [0, 0.05) is 17.3 Å². The molecule has 0 radical (unpaired) electrons. The highest BCUT2D eigenvalue weighted by Crippen LogP contribution is 2.25. The van der Waals surface area contributed by atoms with Crippen molar-refractivity contribution in [1.82, 2.24) is 0 Å². The molecule has 2 rings (SSSR count). The second-order valence-corrected chi connectivity index (χ2v) is 7.92. The number of hydrogen-bond donors (Lipinski definition) is 1. The molecule has 0 spiro atoms. The molecule has 0 aliphatic rings. The lowest BCUT2D eigenvalue weighted by Crippen LogP contribution is -2.45. The molecule has 0 aliphatic heterocycles. The van der Waals surface area contributed by atoms with Crippen LogP contribution in [0.2, 0.25) is 0 Å². The highest BCUT2D eigenvalue weighted by molar-refractivity contribution is 7.92. The summed E-state index contributed by atoms with van der Waals surface area (Å²) in [6, 6.07) is 11.9. The number of carbonyl (C=O) groups excluding carboxylic acids is 2. The summed E-state index contributed by atoms with van der Waals surface area (Å²) in [5.74, 6) is -0.180. The fourth-order valence-electron chi connectivity index (χ4n) is 2.62. The maximum atomic E-state index is 12.7. The van der Waals surface area contributed by atoms with Crippen LogP contribution < -0.4 is 14.4 Å². The Morgan fingerprint density at radius 2 is 1.78 bits per heavy atom. The summed E-state index contributed by atoms with van der Waals surface area (Å²) in [7, 11) is -2.26. The first-order chi connectivity index (χ1) is 12.6. The SMILES string of the molecule is COc1cccc(N([C@H](C)C(=O)Nc2cccc(C(C)=O)c2)S(C)(=O)=O)c1. The van der Waals surface area contributed by atoms with E-state index in [0.717, 1.165) is 10.6 Å². The highest BCUT2D eigenvalue weighted by atomic mass is 32.2. The zero-order valence-electron chi connectivity index (χ0n) is 15.6. The summed E-state index contributed by atoms with van der Waals surface area (Å²) >= 11 is 0. The second kappa shape index (κ2) is 8.22. The topological polar surface area (TPSA) is 92.8 Å². The molecule has 0 saturated heterocycles. The Labute approximate surface area is 159 Å². The number of ether oxygens (including phenoxy) is 1. The van der Waals surface area contributed by atoms with Crippen molar-refractivity contribution in [3.8, 4) is 5.75 Å². The van der Waals surface area contributed by atoms with Gasteiger partial charge in [0.2, 0.25) is 15.9 Å². The summed E-state index contributed by atoms with van der Waals surface area (Å²) in [6.45, 7) is 2.92. The van der Waals surface area contributed by atoms with E-state index in [4.69, 9.17) is 4.74 Å². The van der Waals surface area contributed by atoms with Crippen LogP contribution in [0.15, 0.2) is 48.5 Å². The van der Waals surface area contributed by atoms with Gasteiger partial charge in [-0.05, 0) is 38.1 Å². The van der Waals surface area contributed by atoms with Crippen molar-refractivity contribution in [3.63, 3.8) is 0 Å². The predicted molar refractivity (Wildman–Crippen MR) is 105 cm³/mol. The van der Waals surface area contributed by atoms with Gasteiger partial charge < -0.3 is 10.1 Å². The zero-order chi connectivity index (χ0) is 20.2. The molecule has 1 atom stereocenters. The van der Waals surface area contributed by atoms with E-state index < -0.39 is 22.0 Å². The van der Waals surface area contributed by atoms with Crippen LogP contribution in [0, 0.1) is 0 Å². The number of benzene rings is 2. The Hall–Kier alpha value is -2.87. The third kappa shape index (κ3) is 5.07. The third-order valence-corrected chi connectivity index (χ3v) is 5.17. The molecule has 27 heavy (non-hydrogen) atoms. The van der Waals surface area contributed by atoms with Gasteiger partial charge >= 0.3 is 0 Å². The van der Waals surface area contributed by atoms with Gasteiger partial charge in [-0.2, -0.15) is 0 Å².